The van der Waals surface area contributed by atoms with Gasteiger partial charge in [0.15, 0.2) is 0 Å². The molecule has 0 unspecified atom stereocenters. The quantitative estimate of drug-likeness (QED) is 0.398. The highest BCUT2D eigenvalue weighted by molar-refractivity contribution is 6.30. The lowest BCUT2D eigenvalue weighted by molar-refractivity contribution is -0.137. The molecular weight excluding hydrogens is 482 g/mol. The summed E-state index contributed by atoms with van der Waals surface area (Å²) in [5, 5.41) is 3.27. The Morgan fingerprint density at radius 1 is 0.971 bits per heavy atom. The first-order valence-electron chi connectivity index (χ1n) is 11.3. The lowest BCUT2D eigenvalue weighted by atomic mass is 9.79. The fourth-order valence-electron chi connectivity index (χ4n) is 4.41. The highest BCUT2D eigenvalue weighted by Crippen LogP contribution is 2.38. The van der Waals surface area contributed by atoms with Gasteiger partial charge in [-0.05, 0) is 60.7 Å². The van der Waals surface area contributed by atoms with Crippen molar-refractivity contribution in [3.8, 4) is 0 Å². The fourth-order valence-corrected chi connectivity index (χ4v) is 4.52. The van der Waals surface area contributed by atoms with Crippen LogP contribution in [0.1, 0.15) is 41.6 Å². The number of pyridine rings is 1. The number of rotatable bonds is 5. The van der Waals surface area contributed by atoms with Crippen molar-refractivity contribution < 1.29 is 22.4 Å². The second kappa shape index (κ2) is 10.2. The Hall–Kier alpha value is -3.13. The average Bonchev–Trinajstić information content (AvgIpc) is 2.84. The molecule has 0 spiro atoms. The number of halogens is 5. The number of aromatic nitrogens is 1. The van der Waals surface area contributed by atoms with Crippen LogP contribution in [-0.2, 0) is 18.1 Å². The number of nitrogens with zero attached hydrogens (tertiary/aromatic N) is 2. The third-order valence-corrected chi connectivity index (χ3v) is 6.38. The molecule has 2 amide bonds. The predicted octanol–water partition coefficient (Wildman–Crippen LogP) is 6.57. The summed E-state index contributed by atoms with van der Waals surface area (Å²) in [4.78, 5) is 19.4. The van der Waals surface area contributed by atoms with Crippen LogP contribution in [0.5, 0.6) is 0 Å². The summed E-state index contributed by atoms with van der Waals surface area (Å²) in [6, 6.07) is 13.9. The van der Waals surface area contributed by atoms with E-state index in [0.29, 0.717) is 24.2 Å². The first-order chi connectivity index (χ1) is 16.7. The number of likely N-dealkylation sites (tertiary alicyclic amines) is 1. The Kier molecular flexibility index (Phi) is 7.31. The molecule has 3 aromatic rings. The zero-order valence-corrected chi connectivity index (χ0v) is 19.5. The van der Waals surface area contributed by atoms with Gasteiger partial charge in [0, 0.05) is 25.7 Å². The number of alkyl halides is 3. The summed E-state index contributed by atoms with van der Waals surface area (Å²) in [5.74, 6) is -1.06. The number of benzene rings is 2. The molecule has 0 saturated carbocycles. The minimum Gasteiger partial charge on any atom is -0.325 e. The van der Waals surface area contributed by atoms with Crippen molar-refractivity contribution in [1.29, 1.82) is 0 Å². The number of hydrogen-bond donors (Lipinski definition) is 1. The first-order valence-corrected chi connectivity index (χ1v) is 11.7. The van der Waals surface area contributed by atoms with Crippen LogP contribution in [0.15, 0.2) is 66.9 Å². The third kappa shape index (κ3) is 5.75. The third-order valence-electron chi connectivity index (χ3n) is 6.16. The van der Waals surface area contributed by atoms with Crippen molar-refractivity contribution in [1.82, 2.24) is 15.2 Å². The summed E-state index contributed by atoms with van der Waals surface area (Å²) in [5.41, 5.74) is -1.83. The Bertz CT molecular complexity index is 1170. The van der Waals surface area contributed by atoms with E-state index in [-0.39, 0.29) is 17.7 Å². The number of piperidine rings is 1. The van der Waals surface area contributed by atoms with E-state index >= 15 is 0 Å². The molecule has 1 fully saturated rings. The van der Waals surface area contributed by atoms with Crippen LogP contribution in [0.2, 0.25) is 5.02 Å². The van der Waals surface area contributed by atoms with Crippen LogP contribution < -0.4 is 5.32 Å². The number of amides is 2. The topological polar surface area (TPSA) is 45.2 Å². The predicted molar refractivity (Wildman–Crippen MR) is 126 cm³/mol. The minimum atomic E-state index is -4.78. The van der Waals surface area contributed by atoms with Gasteiger partial charge in [-0.25, -0.2) is 9.18 Å². The molecule has 0 radical (unpaired) electrons. The van der Waals surface area contributed by atoms with E-state index in [9.17, 15) is 22.4 Å². The summed E-state index contributed by atoms with van der Waals surface area (Å²) in [6.45, 7) is 1.05. The molecule has 2 heterocycles. The standard InChI is InChI=1S/C26H24ClF4N3O/c27-21-9-10-23(32-17-21)25(16-18-7-3-1-4-8-18,33-24(35)34-11-5-2-6-12-34)19-13-20(26(29,30)31)15-22(28)14-19/h1,3-4,7-10,13-15,17H,2,5-6,11-12,16H2,(H,33,35)/t25-/m0/s1. The monoisotopic (exact) mass is 505 g/mol. The van der Waals surface area contributed by atoms with Crippen LogP contribution >= 0.6 is 11.6 Å². The number of nitrogens with one attached hydrogen (secondary N) is 1. The first kappa shape index (κ1) is 25.0. The van der Waals surface area contributed by atoms with Crippen LogP contribution in [0.3, 0.4) is 0 Å². The van der Waals surface area contributed by atoms with Gasteiger partial charge in [0.1, 0.15) is 11.4 Å². The average molecular weight is 506 g/mol. The molecule has 1 aromatic heterocycles. The Morgan fingerprint density at radius 3 is 2.29 bits per heavy atom. The fraction of sp³-hybridized carbons (Fsp3) is 0.308. The summed E-state index contributed by atoms with van der Waals surface area (Å²) in [6.07, 6.45) is -0.723. The van der Waals surface area contributed by atoms with Crippen LogP contribution in [0, 0.1) is 5.82 Å². The molecule has 4 rings (SSSR count). The molecule has 184 valence electrons. The summed E-state index contributed by atoms with van der Waals surface area (Å²) >= 11 is 6.04. The lowest BCUT2D eigenvalue weighted by Crippen LogP contribution is -2.54. The van der Waals surface area contributed by atoms with Gasteiger partial charge in [-0.1, -0.05) is 41.9 Å². The van der Waals surface area contributed by atoms with E-state index in [1.54, 1.807) is 41.3 Å². The molecule has 0 aliphatic carbocycles. The maximum absolute atomic E-state index is 14.6. The molecule has 1 N–H and O–H groups in total. The molecule has 4 nitrogen and oxygen atoms in total. The van der Waals surface area contributed by atoms with Gasteiger partial charge >= 0.3 is 12.2 Å². The van der Waals surface area contributed by atoms with E-state index < -0.39 is 29.1 Å². The normalized spacial score (nSPS) is 16.0. The lowest BCUT2D eigenvalue weighted by Gasteiger charge is -2.38. The van der Waals surface area contributed by atoms with Crippen molar-refractivity contribution in [3.05, 3.63) is 100 Å². The van der Waals surface area contributed by atoms with E-state index in [1.807, 2.05) is 6.07 Å². The number of carbonyl (C=O) groups excluding carboxylic acids is 1. The van der Waals surface area contributed by atoms with Crippen LogP contribution in [0.4, 0.5) is 22.4 Å². The highest BCUT2D eigenvalue weighted by atomic mass is 35.5. The Morgan fingerprint density at radius 2 is 1.66 bits per heavy atom. The second-order valence-electron chi connectivity index (χ2n) is 8.63. The van der Waals surface area contributed by atoms with Gasteiger partial charge in [-0.2, -0.15) is 13.2 Å². The second-order valence-corrected chi connectivity index (χ2v) is 9.07. The number of urea groups is 1. The Labute approximate surface area is 205 Å². The number of carbonyl (C=O) groups is 1. The largest absolute Gasteiger partial charge is 0.416 e. The molecule has 35 heavy (non-hydrogen) atoms. The van der Waals surface area contributed by atoms with Gasteiger partial charge in [0.05, 0.1) is 16.3 Å². The molecule has 1 atom stereocenters. The van der Waals surface area contributed by atoms with Crippen molar-refractivity contribution >= 4 is 17.6 Å². The van der Waals surface area contributed by atoms with Gasteiger partial charge < -0.3 is 10.2 Å². The molecule has 2 aromatic carbocycles. The summed E-state index contributed by atoms with van der Waals surface area (Å²) < 4.78 is 55.7. The van der Waals surface area contributed by atoms with Crippen molar-refractivity contribution in [2.45, 2.75) is 37.4 Å². The molecule has 9 heteroatoms. The molecule has 0 bridgehead atoms. The SMILES string of the molecule is O=C(N[C@@](Cc1ccccc1)(c1cc(F)cc(C(F)(F)F)c1)c1ccc(Cl)cn1)N1CCCCC1. The van der Waals surface area contributed by atoms with Gasteiger partial charge in [0.2, 0.25) is 0 Å². The smallest absolute Gasteiger partial charge is 0.325 e. The van der Waals surface area contributed by atoms with E-state index in [1.165, 1.54) is 6.20 Å². The van der Waals surface area contributed by atoms with Gasteiger partial charge in [-0.3, -0.25) is 4.98 Å². The van der Waals surface area contributed by atoms with E-state index in [2.05, 4.69) is 10.3 Å². The van der Waals surface area contributed by atoms with Crippen molar-refractivity contribution in [2.24, 2.45) is 0 Å². The number of hydrogen-bond acceptors (Lipinski definition) is 2. The van der Waals surface area contributed by atoms with Crippen molar-refractivity contribution in [3.63, 3.8) is 0 Å². The molecule has 1 saturated heterocycles. The van der Waals surface area contributed by atoms with Crippen LogP contribution in [-0.4, -0.2) is 29.0 Å². The minimum absolute atomic E-state index is 0.0444. The van der Waals surface area contributed by atoms with E-state index in [4.69, 9.17) is 11.6 Å². The highest BCUT2D eigenvalue weighted by Gasteiger charge is 2.41. The van der Waals surface area contributed by atoms with E-state index in [0.717, 1.165) is 37.0 Å². The summed E-state index contributed by atoms with van der Waals surface area (Å²) in [7, 11) is 0. The maximum Gasteiger partial charge on any atom is 0.416 e. The van der Waals surface area contributed by atoms with Gasteiger partial charge in [-0.15, -0.1) is 0 Å². The molecular formula is C26H24ClF4N3O. The zero-order valence-electron chi connectivity index (χ0n) is 18.8. The van der Waals surface area contributed by atoms with Crippen molar-refractivity contribution in [2.75, 3.05) is 13.1 Å². The zero-order chi connectivity index (χ0) is 25.1. The van der Waals surface area contributed by atoms with Crippen LogP contribution in [0.25, 0.3) is 0 Å². The Balaban J connectivity index is 1.92. The maximum atomic E-state index is 14.6. The molecule has 1 aliphatic heterocycles. The molecule has 1 aliphatic rings. The van der Waals surface area contributed by atoms with Gasteiger partial charge in [0.25, 0.3) is 0 Å².